The van der Waals surface area contributed by atoms with Crippen molar-refractivity contribution in [2.75, 3.05) is 47.5 Å². The molecule has 0 aliphatic carbocycles. The molecule has 0 bridgehead atoms. The number of esters is 2. The Morgan fingerprint density at radius 1 is 0.344 bits per heavy atom. The van der Waals surface area contributed by atoms with Gasteiger partial charge in [-0.1, -0.05) is 391 Å². The van der Waals surface area contributed by atoms with E-state index >= 15 is 0 Å². The number of phosphoric acid groups is 1. The first kappa shape index (κ1) is 88.5. The number of carbonyl (C=O) groups is 2. The monoisotopic (exact) mass is 1290 g/mol. The van der Waals surface area contributed by atoms with Gasteiger partial charge in [0.15, 0.2) is 6.10 Å². The molecular formula is C80H157NO8P+. The molecule has 0 saturated carbocycles. The zero-order chi connectivity index (χ0) is 65.5. The van der Waals surface area contributed by atoms with Crippen LogP contribution in [-0.4, -0.2) is 74.9 Å². The predicted molar refractivity (Wildman–Crippen MR) is 391 cm³/mol. The van der Waals surface area contributed by atoms with Crippen LogP contribution in [0.4, 0.5) is 0 Å². The summed E-state index contributed by atoms with van der Waals surface area (Å²) in [7, 11) is 1.50. The molecule has 0 saturated heterocycles. The first-order valence-electron chi connectivity index (χ1n) is 40.1. The fourth-order valence-corrected chi connectivity index (χ4v) is 13.1. The van der Waals surface area contributed by atoms with Gasteiger partial charge in [-0.15, -0.1) is 0 Å². The number of phosphoric ester groups is 1. The molecule has 534 valence electrons. The third kappa shape index (κ3) is 75.5. The van der Waals surface area contributed by atoms with Gasteiger partial charge in [0.2, 0.25) is 0 Å². The van der Waals surface area contributed by atoms with E-state index in [1.54, 1.807) is 0 Å². The average molecular weight is 1290 g/mol. The SMILES string of the molecule is CCCCCCC/C=C\C/C=C\CCCCCCCCCCCCCCCCCC(=O)OC(COC(=O)CCCCCCCCCCCCCCCCCCCCCCCCCCCCCCCCCCCCCCCCC)COP(=O)(O)OCC[N+](C)(C)C. The maximum Gasteiger partial charge on any atom is 0.472 e. The van der Waals surface area contributed by atoms with Crippen molar-refractivity contribution in [3.05, 3.63) is 24.3 Å². The summed E-state index contributed by atoms with van der Waals surface area (Å²) in [5.41, 5.74) is 0. The number of hydrogen-bond acceptors (Lipinski definition) is 7. The summed E-state index contributed by atoms with van der Waals surface area (Å²) in [6.07, 6.45) is 92.0. The molecule has 0 amide bonds. The van der Waals surface area contributed by atoms with Crippen molar-refractivity contribution >= 4 is 19.8 Å². The van der Waals surface area contributed by atoms with Crippen LogP contribution in [0.5, 0.6) is 0 Å². The Bertz CT molecular complexity index is 1560. The second-order valence-corrected chi connectivity index (χ2v) is 30.3. The van der Waals surface area contributed by atoms with Gasteiger partial charge in [0.25, 0.3) is 0 Å². The second-order valence-electron chi connectivity index (χ2n) is 28.8. The zero-order valence-electron chi connectivity index (χ0n) is 61.2. The van der Waals surface area contributed by atoms with Crippen LogP contribution >= 0.6 is 7.82 Å². The van der Waals surface area contributed by atoms with Crippen LogP contribution in [0.25, 0.3) is 0 Å². The van der Waals surface area contributed by atoms with Gasteiger partial charge in [-0.25, -0.2) is 4.57 Å². The Kier molecular flexibility index (Phi) is 70.6. The molecule has 0 spiro atoms. The lowest BCUT2D eigenvalue weighted by molar-refractivity contribution is -0.870. The van der Waals surface area contributed by atoms with E-state index in [-0.39, 0.29) is 25.6 Å². The molecule has 1 N–H and O–H groups in total. The van der Waals surface area contributed by atoms with E-state index in [1.165, 1.54) is 353 Å². The van der Waals surface area contributed by atoms with Crippen LogP contribution in [0.1, 0.15) is 425 Å². The van der Waals surface area contributed by atoms with Gasteiger partial charge in [-0.3, -0.25) is 18.6 Å². The molecule has 0 aliphatic rings. The maximum absolute atomic E-state index is 12.9. The van der Waals surface area contributed by atoms with Gasteiger partial charge in [0, 0.05) is 12.8 Å². The number of rotatable bonds is 76. The summed E-state index contributed by atoms with van der Waals surface area (Å²) in [5.74, 6) is -0.772. The van der Waals surface area contributed by atoms with E-state index in [9.17, 15) is 19.0 Å². The first-order valence-corrected chi connectivity index (χ1v) is 41.6. The van der Waals surface area contributed by atoms with Gasteiger partial charge < -0.3 is 18.9 Å². The molecule has 0 aliphatic heterocycles. The third-order valence-corrected chi connectivity index (χ3v) is 19.5. The van der Waals surface area contributed by atoms with Crippen LogP contribution in [-0.2, 0) is 32.7 Å². The smallest absolute Gasteiger partial charge is 0.462 e. The lowest BCUT2D eigenvalue weighted by atomic mass is 10.0. The minimum absolute atomic E-state index is 0.0353. The number of likely N-dealkylation sites (N-methyl/N-ethyl adjacent to an activating group) is 1. The Balaban J connectivity index is 3.87. The molecule has 9 nitrogen and oxygen atoms in total. The highest BCUT2D eigenvalue weighted by Crippen LogP contribution is 2.43. The van der Waals surface area contributed by atoms with Crippen molar-refractivity contribution in [2.24, 2.45) is 0 Å². The number of nitrogens with zero attached hydrogens (tertiary/aromatic N) is 1. The quantitative estimate of drug-likeness (QED) is 0.0211. The van der Waals surface area contributed by atoms with Gasteiger partial charge in [-0.05, 0) is 44.9 Å². The number of allylic oxidation sites excluding steroid dienone is 4. The Labute approximate surface area is 561 Å². The van der Waals surface area contributed by atoms with Gasteiger partial charge in [-0.2, -0.15) is 0 Å². The molecule has 0 aromatic rings. The van der Waals surface area contributed by atoms with Crippen molar-refractivity contribution in [3.63, 3.8) is 0 Å². The third-order valence-electron chi connectivity index (χ3n) is 18.5. The Morgan fingerprint density at radius 3 is 0.878 bits per heavy atom. The normalized spacial score (nSPS) is 13.1. The Hall–Kier alpha value is -1.51. The molecule has 0 heterocycles. The summed E-state index contributed by atoms with van der Waals surface area (Å²) in [6.45, 7) is 4.51. The summed E-state index contributed by atoms with van der Waals surface area (Å²) < 4.78 is 34.8. The maximum atomic E-state index is 12.9. The summed E-state index contributed by atoms with van der Waals surface area (Å²) in [5, 5.41) is 0. The molecular weight excluding hydrogens is 1130 g/mol. The number of unbranched alkanes of at least 4 members (excludes halogenated alkanes) is 58. The fraction of sp³-hybridized carbons (Fsp3) is 0.925. The standard InChI is InChI=1S/C80H156NO8P/c1-6-8-10-12-14-16-18-20-22-24-26-28-30-32-34-35-36-37-38-39-40-41-42-43-44-45-47-48-50-52-54-56-58-60-62-64-66-68-70-72-79(82)86-76-78(77-88-90(84,85)87-75-74-81(3,4)5)89-80(83)73-71-69-67-65-63-61-59-57-55-53-51-49-46-33-31-29-27-25-23-21-19-17-15-13-11-9-7-2/h19,21,25,27,78H,6-18,20,22-24,26,28-77H2,1-5H3/p+1/b21-19-,27-25-. The van der Waals surface area contributed by atoms with Crippen LogP contribution < -0.4 is 0 Å². The number of hydrogen-bond donors (Lipinski definition) is 1. The van der Waals surface area contributed by atoms with Crippen LogP contribution in [0.15, 0.2) is 24.3 Å². The highest BCUT2D eigenvalue weighted by Gasteiger charge is 2.27. The highest BCUT2D eigenvalue weighted by atomic mass is 31.2. The van der Waals surface area contributed by atoms with Gasteiger partial charge in [0.05, 0.1) is 27.7 Å². The van der Waals surface area contributed by atoms with Crippen LogP contribution in [0, 0.1) is 0 Å². The molecule has 0 aromatic carbocycles. The molecule has 0 aromatic heterocycles. The van der Waals surface area contributed by atoms with E-state index in [2.05, 4.69) is 38.2 Å². The van der Waals surface area contributed by atoms with Crippen molar-refractivity contribution in [2.45, 2.75) is 431 Å². The summed E-state index contributed by atoms with van der Waals surface area (Å²) in [4.78, 5) is 36.0. The zero-order valence-corrected chi connectivity index (χ0v) is 62.1. The lowest BCUT2D eigenvalue weighted by Gasteiger charge is -2.24. The van der Waals surface area contributed by atoms with Crippen LogP contribution in [0.3, 0.4) is 0 Å². The molecule has 10 heteroatoms. The number of carbonyl (C=O) groups excluding carboxylic acids is 2. The summed E-state index contributed by atoms with van der Waals surface area (Å²) in [6, 6.07) is 0. The predicted octanol–water partition coefficient (Wildman–Crippen LogP) is 26.4. The van der Waals surface area contributed by atoms with E-state index in [4.69, 9.17) is 18.5 Å². The molecule has 2 unspecified atom stereocenters. The first-order chi connectivity index (χ1) is 44.0. The van der Waals surface area contributed by atoms with Gasteiger partial charge >= 0.3 is 19.8 Å². The summed E-state index contributed by atoms with van der Waals surface area (Å²) >= 11 is 0. The van der Waals surface area contributed by atoms with E-state index in [0.717, 1.165) is 38.5 Å². The average Bonchev–Trinajstić information content (AvgIpc) is 3.61. The van der Waals surface area contributed by atoms with E-state index < -0.39 is 26.5 Å². The highest BCUT2D eigenvalue weighted by molar-refractivity contribution is 7.47. The van der Waals surface area contributed by atoms with Crippen molar-refractivity contribution in [1.82, 2.24) is 0 Å². The topological polar surface area (TPSA) is 108 Å². The van der Waals surface area contributed by atoms with Crippen molar-refractivity contribution in [3.8, 4) is 0 Å². The molecule has 0 radical (unpaired) electrons. The van der Waals surface area contributed by atoms with E-state index in [0.29, 0.717) is 23.9 Å². The molecule has 90 heavy (non-hydrogen) atoms. The second kappa shape index (κ2) is 71.8. The lowest BCUT2D eigenvalue weighted by Crippen LogP contribution is -2.37. The van der Waals surface area contributed by atoms with Crippen LogP contribution in [0.2, 0.25) is 0 Å². The largest absolute Gasteiger partial charge is 0.472 e. The number of quaternary nitrogens is 1. The minimum Gasteiger partial charge on any atom is -0.462 e. The Morgan fingerprint density at radius 2 is 0.600 bits per heavy atom. The fourth-order valence-electron chi connectivity index (χ4n) is 12.3. The van der Waals surface area contributed by atoms with Crippen molar-refractivity contribution in [1.29, 1.82) is 0 Å². The van der Waals surface area contributed by atoms with Gasteiger partial charge in [0.1, 0.15) is 19.8 Å². The minimum atomic E-state index is -4.39. The molecule has 0 rings (SSSR count). The van der Waals surface area contributed by atoms with Crippen molar-refractivity contribution < 1.29 is 42.1 Å². The van der Waals surface area contributed by atoms with E-state index in [1.807, 2.05) is 21.1 Å². The molecule has 2 atom stereocenters. The molecule has 0 fully saturated rings. The number of ether oxygens (including phenoxy) is 2.